The molecular formula is C9H6Cl2N4. The van der Waals surface area contributed by atoms with Gasteiger partial charge in [0.05, 0.1) is 6.20 Å². The van der Waals surface area contributed by atoms with Crippen LogP contribution in [0.15, 0.2) is 51.1 Å². The van der Waals surface area contributed by atoms with Crippen molar-refractivity contribution in [3.05, 3.63) is 57.0 Å². The maximum absolute atomic E-state index is 8.35. The van der Waals surface area contributed by atoms with Crippen molar-refractivity contribution >= 4 is 29.0 Å². The number of nitrogens with zero attached hydrogens (tertiary/aromatic N) is 4. The fraction of sp³-hybridized carbons (Fsp3) is 0. The minimum Gasteiger partial charge on any atom is -0.251 e. The summed E-state index contributed by atoms with van der Waals surface area (Å²) < 4.78 is -0.00318. The van der Waals surface area contributed by atoms with Crippen LogP contribution in [0.2, 0.25) is 0 Å². The normalized spacial score (nSPS) is 10.4. The first-order valence-electron chi connectivity index (χ1n) is 3.93. The Morgan fingerprint density at radius 1 is 1.27 bits per heavy atom. The van der Waals surface area contributed by atoms with E-state index in [-0.39, 0.29) is 10.3 Å². The summed E-state index contributed by atoms with van der Waals surface area (Å²) in [4.78, 5) is 6.52. The maximum Gasteiger partial charge on any atom is 0.134 e. The Balaban J connectivity index is 3.09. The highest BCUT2D eigenvalue weighted by atomic mass is 35.5. The highest BCUT2D eigenvalue weighted by Crippen LogP contribution is 2.08. The standard InChI is InChI=1S/C9H6Cl2N4/c10-8(11)6-13-9(14-15-12)7-4-2-1-3-5-7/h1-6H. The molecule has 0 spiro atoms. The summed E-state index contributed by atoms with van der Waals surface area (Å²) in [6.45, 7) is 0. The zero-order valence-electron chi connectivity index (χ0n) is 7.51. The van der Waals surface area contributed by atoms with Crippen LogP contribution in [0.25, 0.3) is 10.4 Å². The molecule has 1 aromatic rings. The molecule has 0 atom stereocenters. The SMILES string of the molecule is [N-]=[N+]=NC(=NC=C(Cl)Cl)c1ccccc1. The lowest BCUT2D eigenvalue weighted by molar-refractivity contribution is 1.44. The Kier molecular flexibility index (Phi) is 4.71. The fourth-order valence-electron chi connectivity index (χ4n) is 0.898. The van der Waals surface area contributed by atoms with Gasteiger partial charge in [0.15, 0.2) is 0 Å². The molecule has 0 heterocycles. The zero-order valence-corrected chi connectivity index (χ0v) is 9.02. The average Bonchev–Trinajstić information content (AvgIpc) is 2.25. The first-order valence-corrected chi connectivity index (χ1v) is 4.69. The quantitative estimate of drug-likeness (QED) is 0.247. The first kappa shape index (κ1) is 11.6. The topological polar surface area (TPSA) is 61.1 Å². The van der Waals surface area contributed by atoms with Crippen LogP contribution in [-0.2, 0) is 0 Å². The molecule has 0 radical (unpaired) electrons. The molecule has 0 saturated heterocycles. The average molecular weight is 241 g/mol. The lowest BCUT2D eigenvalue weighted by atomic mass is 10.2. The monoisotopic (exact) mass is 240 g/mol. The Morgan fingerprint density at radius 3 is 2.47 bits per heavy atom. The maximum atomic E-state index is 8.35. The lowest BCUT2D eigenvalue weighted by Crippen LogP contribution is -1.93. The smallest absolute Gasteiger partial charge is 0.134 e. The summed E-state index contributed by atoms with van der Waals surface area (Å²) in [5.41, 5.74) is 9.05. The van der Waals surface area contributed by atoms with E-state index in [1.54, 1.807) is 12.1 Å². The minimum atomic E-state index is -0.00318. The van der Waals surface area contributed by atoms with Gasteiger partial charge in [-0.25, -0.2) is 0 Å². The zero-order chi connectivity index (χ0) is 11.1. The van der Waals surface area contributed by atoms with Crippen LogP contribution in [0.4, 0.5) is 0 Å². The molecule has 0 bridgehead atoms. The molecule has 0 saturated carbocycles. The number of hydrogen-bond donors (Lipinski definition) is 0. The van der Waals surface area contributed by atoms with E-state index < -0.39 is 0 Å². The van der Waals surface area contributed by atoms with E-state index in [9.17, 15) is 0 Å². The molecule has 0 aliphatic rings. The van der Waals surface area contributed by atoms with E-state index in [0.29, 0.717) is 5.56 Å². The molecule has 0 aromatic heterocycles. The number of benzene rings is 1. The number of aliphatic imine (C=N–C) groups is 1. The molecule has 76 valence electrons. The van der Waals surface area contributed by atoms with E-state index in [0.717, 1.165) is 0 Å². The van der Waals surface area contributed by atoms with Gasteiger partial charge in [0.2, 0.25) is 0 Å². The van der Waals surface area contributed by atoms with Crippen molar-refractivity contribution in [2.45, 2.75) is 0 Å². The highest BCUT2D eigenvalue weighted by molar-refractivity contribution is 6.55. The van der Waals surface area contributed by atoms with E-state index >= 15 is 0 Å². The molecule has 0 fully saturated rings. The van der Waals surface area contributed by atoms with Crippen molar-refractivity contribution in [3.63, 3.8) is 0 Å². The van der Waals surface area contributed by atoms with E-state index in [2.05, 4.69) is 15.0 Å². The minimum absolute atomic E-state index is 0.00318. The van der Waals surface area contributed by atoms with Crippen molar-refractivity contribution in [1.29, 1.82) is 0 Å². The fourth-order valence-corrected chi connectivity index (χ4v) is 0.995. The Hall–Kier alpha value is -1.48. The van der Waals surface area contributed by atoms with Crippen LogP contribution >= 0.6 is 23.2 Å². The summed E-state index contributed by atoms with van der Waals surface area (Å²) in [6, 6.07) is 9.00. The van der Waals surface area contributed by atoms with Crippen molar-refractivity contribution in [1.82, 2.24) is 0 Å². The first-order chi connectivity index (χ1) is 7.24. The summed E-state index contributed by atoms with van der Waals surface area (Å²) in [5, 5.41) is 3.44. The molecule has 1 aromatic carbocycles. The lowest BCUT2D eigenvalue weighted by Gasteiger charge is -1.96. The van der Waals surface area contributed by atoms with Gasteiger partial charge in [-0.3, -0.25) is 4.99 Å². The molecule has 15 heavy (non-hydrogen) atoms. The van der Waals surface area contributed by atoms with Gasteiger partial charge in [-0.1, -0.05) is 53.5 Å². The van der Waals surface area contributed by atoms with Crippen LogP contribution < -0.4 is 0 Å². The van der Waals surface area contributed by atoms with Gasteiger partial charge in [-0.05, 0) is 10.6 Å². The van der Waals surface area contributed by atoms with Crippen molar-refractivity contribution < 1.29 is 0 Å². The second kappa shape index (κ2) is 6.09. The Labute approximate surface area is 96.5 Å². The predicted octanol–water partition coefficient (Wildman–Crippen LogP) is 4.02. The van der Waals surface area contributed by atoms with Gasteiger partial charge in [-0.2, -0.15) is 0 Å². The van der Waals surface area contributed by atoms with E-state index in [1.807, 2.05) is 18.2 Å². The molecule has 0 unspecified atom stereocenters. The third kappa shape index (κ3) is 4.04. The van der Waals surface area contributed by atoms with Gasteiger partial charge < -0.3 is 0 Å². The second-order valence-corrected chi connectivity index (χ2v) is 3.43. The largest absolute Gasteiger partial charge is 0.251 e. The molecular weight excluding hydrogens is 235 g/mol. The summed E-state index contributed by atoms with van der Waals surface area (Å²) >= 11 is 10.8. The Morgan fingerprint density at radius 2 is 1.93 bits per heavy atom. The van der Waals surface area contributed by atoms with Gasteiger partial charge in [0.25, 0.3) is 0 Å². The molecule has 0 aliphatic heterocycles. The number of amidine groups is 1. The number of hydrogen-bond acceptors (Lipinski definition) is 1. The molecule has 0 aliphatic carbocycles. The van der Waals surface area contributed by atoms with Crippen LogP contribution in [-0.4, -0.2) is 5.84 Å². The van der Waals surface area contributed by atoms with Crippen molar-refractivity contribution in [2.75, 3.05) is 0 Å². The second-order valence-electron chi connectivity index (χ2n) is 2.43. The van der Waals surface area contributed by atoms with Gasteiger partial charge in [-0.15, -0.1) is 0 Å². The van der Waals surface area contributed by atoms with Gasteiger partial charge in [0, 0.05) is 10.5 Å². The predicted molar refractivity (Wildman–Crippen MR) is 61.9 cm³/mol. The Bertz CT molecular complexity index is 429. The van der Waals surface area contributed by atoms with Crippen LogP contribution in [0.5, 0.6) is 0 Å². The summed E-state index contributed by atoms with van der Waals surface area (Å²) in [5.74, 6) is 0.219. The van der Waals surface area contributed by atoms with Crippen LogP contribution in [0, 0.1) is 0 Å². The van der Waals surface area contributed by atoms with E-state index in [4.69, 9.17) is 28.7 Å². The third-order valence-corrected chi connectivity index (χ3v) is 1.65. The van der Waals surface area contributed by atoms with E-state index in [1.165, 1.54) is 6.20 Å². The van der Waals surface area contributed by atoms with Crippen molar-refractivity contribution in [2.24, 2.45) is 10.1 Å². The van der Waals surface area contributed by atoms with Gasteiger partial charge >= 0.3 is 0 Å². The summed E-state index contributed by atoms with van der Waals surface area (Å²) in [7, 11) is 0. The van der Waals surface area contributed by atoms with Gasteiger partial charge in [0.1, 0.15) is 10.3 Å². The molecule has 4 nitrogen and oxygen atoms in total. The third-order valence-electron chi connectivity index (χ3n) is 1.46. The molecule has 1 rings (SSSR count). The molecule has 6 heteroatoms. The highest BCUT2D eigenvalue weighted by Gasteiger charge is 1.98. The number of azide groups is 1. The summed E-state index contributed by atoms with van der Waals surface area (Å²) in [6.07, 6.45) is 1.21. The number of rotatable bonds is 2. The van der Waals surface area contributed by atoms with Crippen molar-refractivity contribution in [3.8, 4) is 0 Å². The van der Waals surface area contributed by atoms with Crippen LogP contribution in [0.3, 0.4) is 0 Å². The van der Waals surface area contributed by atoms with Crippen LogP contribution in [0.1, 0.15) is 5.56 Å². The number of halogens is 2. The molecule has 0 amide bonds. The molecule has 0 N–H and O–H groups in total.